The molecule has 3 amide bonds. The van der Waals surface area contributed by atoms with Crippen LogP contribution >= 0.6 is 0 Å². The van der Waals surface area contributed by atoms with E-state index in [1.165, 1.54) is 0 Å². The molecule has 198 valence electrons. The number of nitrogens with two attached hydrogens (primary N) is 1. The summed E-state index contributed by atoms with van der Waals surface area (Å²) in [7, 11) is 0. The van der Waals surface area contributed by atoms with Crippen LogP contribution in [-0.4, -0.2) is 58.3 Å². The van der Waals surface area contributed by atoms with E-state index in [1.54, 1.807) is 29.2 Å². The summed E-state index contributed by atoms with van der Waals surface area (Å²) in [4.78, 5) is 40.9. The van der Waals surface area contributed by atoms with E-state index in [9.17, 15) is 19.5 Å². The first-order valence-electron chi connectivity index (χ1n) is 12.7. The van der Waals surface area contributed by atoms with Crippen molar-refractivity contribution in [3.63, 3.8) is 0 Å². The van der Waals surface area contributed by atoms with Crippen molar-refractivity contribution in [3.8, 4) is 0 Å². The quantitative estimate of drug-likeness (QED) is 0.232. The molecule has 0 aliphatic carbocycles. The lowest BCUT2D eigenvalue weighted by Gasteiger charge is -2.31. The third-order valence-corrected chi connectivity index (χ3v) is 6.92. The molecular formula is C28H37N5O4. The van der Waals surface area contributed by atoms with Crippen molar-refractivity contribution < 1.29 is 19.5 Å². The number of amidine groups is 1. The summed E-state index contributed by atoms with van der Waals surface area (Å²) < 4.78 is 0. The minimum atomic E-state index is -1.28. The Balaban J connectivity index is 1.63. The van der Waals surface area contributed by atoms with Gasteiger partial charge >= 0.3 is 0 Å². The zero-order chi connectivity index (χ0) is 26.9. The molecule has 1 aliphatic rings. The molecule has 0 saturated carbocycles. The molecule has 37 heavy (non-hydrogen) atoms. The second-order valence-corrected chi connectivity index (χ2v) is 9.60. The van der Waals surface area contributed by atoms with E-state index in [1.807, 2.05) is 44.2 Å². The molecule has 4 atom stereocenters. The summed E-state index contributed by atoms with van der Waals surface area (Å²) in [6, 6.07) is 14.8. The molecule has 0 radical (unpaired) electrons. The highest BCUT2D eigenvalue weighted by molar-refractivity contribution is 5.95. The van der Waals surface area contributed by atoms with Crippen LogP contribution in [-0.2, 0) is 27.3 Å². The molecule has 3 rings (SSSR count). The number of nitrogens with one attached hydrogen (secondary N) is 3. The summed E-state index contributed by atoms with van der Waals surface area (Å²) in [5, 5.41) is 23.6. The predicted octanol–water partition coefficient (Wildman–Crippen LogP) is 1.71. The van der Waals surface area contributed by atoms with Gasteiger partial charge in [0.15, 0.2) is 0 Å². The fraction of sp³-hybridized carbons (Fsp3) is 0.429. The summed E-state index contributed by atoms with van der Waals surface area (Å²) in [5.74, 6) is -1.36. The molecule has 6 N–H and O–H groups in total. The Morgan fingerprint density at radius 1 is 1.11 bits per heavy atom. The van der Waals surface area contributed by atoms with Crippen molar-refractivity contribution in [2.24, 2.45) is 11.7 Å². The lowest BCUT2D eigenvalue weighted by molar-refractivity contribution is -0.143. The molecular weight excluding hydrogens is 470 g/mol. The molecule has 1 heterocycles. The van der Waals surface area contributed by atoms with Crippen molar-refractivity contribution in [3.05, 3.63) is 71.3 Å². The van der Waals surface area contributed by atoms with Crippen LogP contribution < -0.4 is 16.4 Å². The average Bonchev–Trinajstić information content (AvgIpc) is 3.40. The number of carbonyl (C=O) groups is 3. The minimum Gasteiger partial charge on any atom is -0.384 e. The normalized spacial score (nSPS) is 17.5. The summed E-state index contributed by atoms with van der Waals surface area (Å²) in [6.07, 6.45) is 0.741. The maximum absolute atomic E-state index is 13.6. The second-order valence-electron chi connectivity index (χ2n) is 9.60. The molecule has 0 unspecified atom stereocenters. The zero-order valence-corrected chi connectivity index (χ0v) is 21.4. The Morgan fingerprint density at radius 3 is 2.41 bits per heavy atom. The number of nitrogen functional groups attached to an aromatic ring is 1. The largest absolute Gasteiger partial charge is 0.384 e. The fourth-order valence-corrected chi connectivity index (χ4v) is 4.45. The highest BCUT2D eigenvalue weighted by Crippen LogP contribution is 2.22. The van der Waals surface area contributed by atoms with E-state index >= 15 is 0 Å². The van der Waals surface area contributed by atoms with E-state index in [-0.39, 0.29) is 36.5 Å². The van der Waals surface area contributed by atoms with E-state index in [0.717, 1.165) is 11.1 Å². The van der Waals surface area contributed by atoms with Crippen molar-refractivity contribution in [1.82, 2.24) is 15.5 Å². The number of benzene rings is 2. The second kappa shape index (κ2) is 13.0. The molecule has 2 aromatic carbocycles. The summed E-state index contributed by atoms with van der Waals surface area (Å²) >= 11 is 0. The van der Waals surface area contributed by atoms with Crippen LogP contribution in [0.3, 0.4) is 0 Å². The van der Waals surface area contributed by atoms with Gasteiger partial charge in [0, 0.05) is 25.1 Å². The first kappa shape index (κ1) is 27.9. The third kappa shape index (κ3) is 7.39. The van der Waals surface area contributed by atoms with Gasteiger partial charge in [0.2, 0.25) is 17.7 Å². The molecule has 0 aromatic heterocycles. The molecule has 0 bridgehead atoms. The molecule has 1 saturated heterocycles. The molecule has 1 aliphatic heterocycles. The number of nitrogens with zero attached hydrogens (tertiary/aromatic N) is 1. The van der Waals surface area contributed by atoms with Crippen LogP contribution in [0.25, 0.3) is 0 Å². The van der Waals surface area contributed by atoms with E-state index in [2.05, 4.69) is 10.6 Å². The number of aliphatic hydroxyl groups is 1. The lowest BCUT2D eigenvalue weighted by Crippen LogP contribution is -2.56. The van der Waals surface area contributed by atoms with Gasteiger partial charge in [0.25, 0.3) is 0 Å². The monoisotopic (exact) mass is 507 g/mol. The Kier molecular flexibility index (Phi) is 9.79. The van der Waals surface area contributed by atoms with Crippen LogP contribution in [0.5, 0.6) is 0 Å². The molecule has 1 fully saturated rings. The summed E-state index contributed by atoms with van der Waals surface area (Å²) in [6.45, 7) is 4.53. The van der Waals surface area contributed by atoms with Gasteiger partial charge in [-0.15, -0.1) is 0 Å². The van der Waals surface area contributed by atoms with Crippen molar-refractivity contribution in [2.75, 3.05) is 6.54 Å². The number of amides is 3. The van der Waals surface area contributed by atoms with Gasteiger partial charge in [0.1, 0.15) is 24.0 Å². The lowest BCUT2D eigenvalue weighted by atomic mass is 9.96. The van der Waals surface area contributed by atoms with E-state index < -0.39 is 24.1 Å². The maximum atomic E-state index is 13.6. The van der Waals surface area contributed by atoms with Crippen LogP contribution in [0.2, 0.25) is 0 Å². The van der Waals surface area contributed by atoms with Crippen LogP contribution in [0, 0.1) is 11.3 Å². The minimum absolute atomic E-state index is 0.0220. The van der Waals surface area contributed by atoms with E-state index in [0.29, 0.717) is 31.4 Å². The predicted molar refractivity (Wildman–Crippen MR) is 142 cm³/mol. The van der Waals surface area contributed by atoms with Gasteiger partial charge in [-0.2, -0.15) is 0 Å². The number of likely N-dealkylation sites (tertiary alicyclic amines) is 1. The highest BCUT2D eigenvalue weighted by atomic mass is 16.3. The van der Waals surface area contributed by atoms with Crippen LogP contribution in [0.15, 0.2) is 54.6 Å². The topological polar surface area (TPSA) is 149 Å². The zero-order valence-electron chi connectivity index (χ0n) is 21.4. The van der Waals surface area contributed by atoms with Gasteiger partial charge in [-0.1, -0.05) is 74.9 Å². The maximum Gasteiger partial charge on any atom is 0.249 e. The number of hydrogen-bond donors (Lipinski definition) is 5. The van der Waals surface area contributed by atoms with Crippen LogP contribution in [0.4, 0.5) is 0 Å². The Hall–Kier alpha value is -3.72. The van der Waals surface area contributed by atoms with Crippen LogP contribution in [0.1, 0.15) is 49.8 Å². The average molecular weight is 508 g/mol. The molecule has 2 aromatic rings. The van der Waals surface area contributed by atoms with Crippen molar-refractivity contribution in [2.45, 2.75) is 64.3 Å². The van der Waals surface area contributed by atoms with Crippen molar-refractivity contribution >= 4 is 23.6 Å². The standard InChI is InChI=1S/C28H37N5O4/c1-3-18(2)24(32-27(36)23(34)16-19-8-5-4-6-9-19)28(37)33-15-7-10-22(33)26(35)31-17-20-11-13-21(14-12-20)25(29)30/h4-6,8-9,11-14,18,22-24,34H,3,7,10,15-17H2,1-2H3,(H3,29,30)(H,31,35)(H,32,36)/t18-,22+,23-,24-/m1/s1. The Morgan fingerprint density at radius 2 is 1.78 bits per heavy atom. The van der Waals surface area contributed by atoms with Gasteiger partial charge in [-0.3, -0.25) is 19.8 Å². The fourth-order valence-electron chi connectivity index (χ4n) is 4.45. The van der Waals surface area contributed by atoms with Crippen molar-refractivity contribution in [1.29, 1.82) is 5.41 Å². The smallest absolute Gasteiger partial charge is 0.249 e. The Bertz CT molecular complexity index is 1090. The molecule has 9 heteroatoms. The SMILES string of the molecule is CC[C@@H](C)[C@@H](NC(=O)[C@H](O)Cc1ccccc1)C(=O)N1CCC[C@H]1C(=O)NCc1ccc(C(=N)N)cc1. The van der Waals surface area contributed by atoms with Gasteiger partial charge in [-0.05, 0) is 29.9 Å². The van der Waals surface area contributed by atoms with Gasteiger partial charge in [0.05, 0.1) is 0 Å². The highest BCUT2D eigenvalue weighted by Gasteiger charge is 2.39. The Labute approximate surface area is 217 Å². The summed E-state index contributed by atoms with van der Waals surface area (Å²) in [5.41, 5.74) is 7.77. The number of aliphatic hydroxyl groups excluding tert-OH is 1. The first-order valence-corrected chi connectivity index (χ1v) is 12.7. The molecule has 9 nitrogen and oxygen atoms in total. The third-order valence-electron chi connectivity index (χ3n) is 6.92. The number of carbonyl (C=O) groups excluding carboxylic acids is 3. The van der Waals surface area contributed by atoms with Gasteiger partial charge < -0.3 is 26.4 Å². The molecule has 0 spiro atoms. The van der Waals surface area contributed by atoms with Gasteiger partial charge in [-0.25, -0.2) is 0 Å². The number of hydrogen-bond acceptors (Lipinski definition) is 5. The van der Waals surface area contributed by atoms with E-state index in [4.69, 9.17) is 11.1 Å². The first-order chi connectivity index (χ1) is 17.7. The number of rotatable bonds is 11.